The van der Waals surface area contributed by atoms with Gasteiger partial charge in [-0.2, -0.15) is 34.4 Å². The minimum absolute atomic E-state index is 0.0890. The molecule has 0 saturated heterocycles. The molecule has 0 aliphatic carbocycles. The fraction of sp³-hybridized carbons (Fsp3) is 0.276. The molecule has 0 atom stereocenters. The number of aromatic nitrogens is 20. The molecular weight excluding hydrogens is 1680 g/mol. The summed E-state index contributed by atoms with van der Waals surface area (Å²) in [6, 6.07) is 7.43. The van der Waals surface area contributed by atoms with Crippen molar-refractivity contribution < 1.29 is 23.7 Å². The Hall–Kier alpha value is -10.7. The molecule has 0 aromatic carbocycles. The zero-order valence-corrected chi connectivity index (χ0v) is 71.2. The van der Waals surface area contributed by atoms with Crippen LogP contribution in [0.2, 0.25) is 25.6 Å². The van der Waals surface area contributed by atoms with Gasteiger partial charge in [0.15, 0.2) is 12.4 Å². The number of methoxy groups -OCH3 is 3. The van der Waals surface area contributed by atoms with E-state index >= 15 is 0 Å². The number of hydrogen-bond acceptors (Lipinski definition) is 23. The van der Waals surface area contributed by atoms with Crippen molar-refractivity contribution >= 4 is 175 Å². The first-order valence-corrected chi connectivity index (χ1v) is 38.2. The molecule has 0 aliphatic rings. The molecule has 0 unspecified atom stereocenters. The fourth-order valence-corrected chi connectivity index (χ4v) is 15.1. The first kappa shape index (κ1) is 83.2. The van der Waals surface area contributed by atoms with Crippen molar-refractivity contribution in [3.8, 4) is 17.2 Å². The Kier molecular flexibility index (Phi) is 25.6. The second-order valence-electron chi connectivity index (χ2n) is 26.8. The molecule has 0 spiro atoms. The Labute approximate surface area is 691 Å². The summed E-state index contributed by atoms with van der Waals surface area (Å²) in [4.78, 5) is 55.0. The molecule has 0 radical (unpaired) electrons. The van der Waals surface area contributed by atoms with Crippen molar-refractivity contribution in [2.24, 2.45) is 0 Å². The topological polar surface area (TPSA) is 404 Å². The lowest BCUT2D eigenvalue weighted by Crippen LogP contribution is -2.34. The van der Waals surface area contributed by atoms with Gasteiger partial charge in [0.25, 0.3) is 0 Å². The minimum atomic E-state index is 0.0890. The maximum absolute atomic E-state index is 12.2. The van der Waals surface area contributed by atoms with Gasteiger partial charge in [0, 0.05) is 110 Å². The average molecular weight is 1760 g/mol. The zero-order chi connectivity index (χ0) is 82.0. The van der Waals surface area contributed by atoms with E-state index in [0.29, 0.717) is 96.9 Å². The van der Waals surface area contributed by atoms with Crippen LogP contribution in [0.3, 0.4) is 0 Å². The van der Waals surface area contributed by atoms with Crippen molar-refractivity contribution in [2.75, 3.05) is 50.0 Å². The monoisotopic (exact) mass is 1760 g/mol. The molecule has 0 saturated carbocycles. The van der Waals surface area contributed by atoms with E-state index in [-0.39, 0.29) is 40.8 Å². The number of nitrogens with zero attached hydrogens (tertiary/aromatic N) is 20. The number of rotatable bonds is 14. The number of anilines is 5. The number of aryl methyl sites for hydroxylation is 5. The van der Waals surface area contributed by atoms with Crippen molar-refractivity contribution in [1.82, 2.24) is 87.6 Å². The van der Waals surface area contributed by atoms with Crippen molar-refractivity contribution in [3.05, 3.63) is 221 Å². The van der Waals surface area contributed by atoms with Crippen molar-refractivity contribution in [3.63, 3.8) is 0 Å². The van der Waals surface area contributed by atoms with Crippen LogP contribution >= 0.6 is 89.9 Å². The summed E-state index contributed by atoms with van der Waals surface area (Å²) in [5, 5.41) is 30.2. The maximum atomic E-state index is 12.2. The van der Waals surface area contributed by atoms with Crippen LogP contribution in [0.1, 0.15) is 109 Å². The van der Waals surface area contributed by atoms with E-state index < -0.39 is 0 Å². The predicted octanol–water partition coefficient (Wildman–Crippen LogP) is 14.8. The summed E-state index contributed by atoms with van der Waals surface area (Å²) in [5.41, 5.74) is 46.3. The number of nitrogen functional groups attached to an aromatic ring is 5. The lowest BCUT2D eigenvalue weighted by atomic mass is 10.0. The molecule has 15 aromatic rings. The third kappa shape index (κ3) is 17.6. The maximum Gasteiger partial charge on any atom is 0.223 e. The van der Waals surface area contributed by atoms with Gasteiger partial charge in [-0.05, 0) is 137 Å². The first-order valence-electron chi connectivity index (χ1n) is 34.8. The average Bonchev–Trinajstić information content (AvgIpc) is 1.59. The van der Waals surface area contributed by atoms with E-state index in [9.17, 15) is 10.4 Å². The summed E-state index contributed by atoms with van der Waals surface area (Å²) in [5.74, 6) is 3.63. The van der Waals surface area contributed by atoms with Gasteiger partial charge in [-0.15, -0.1) is 0 Å². The lowest BCUT2D eigenvalue weighted by molar-refractivity contribution is -0.615. The molecule has 15 aromatic heterocycles. The minimum Gasteiger partial charge on any atom is -0.618 e. The van der Waals surface area contributed by atoms with E-state index in [1.54, 1.807) is 51.3 Å². The van der Waals surface area contributed by atoms with Crippen LogP contribution in [0.25, 0.3) is 55.2 Å². The van der Waals surface area contributed by atoms with Crippen LogP contribution in [0, 0.1) is 79.7 Å². The van der Waals surface area contributed by atoms with E-state index in [1.807, 2.05) is 136 Å². The van der Waals surface area contributed by atoms with Gasteiger partial charge in [-0.1, -0.05) is 71.9 Å². The van der Waals surface area contributed by atoms with Crippen molar-refractivity contribution in [2.45, 2.75) is 122 Å². The van der Waals surface area contributed by atoms with E-state index in [0.717, 1.165) is 137 Å². The highest BCUT2D eigenvalue weighted by atomic mass is 79.9. The molecular formula is C76H80Br2Cl5N25O5. The summed E-state index contributed by atoms with van der Waals surface area (Å²) in [7, 11) is 5.02. The predicted molar refractivity (Wildman–Crippen MR) is 450 cm³/mol. The number of nitrogens with two attached hydrogens (primary N) is 5. The Morgan fingerprint density at radius 2 is 0.735 bits per heavy atom. The molecule has 37 heteroatoms. The molecule has 0 fully saturated rings. The molecule has 15 heterocycles. The SMILES string of the molecule is COc1c(C)cnc(Cn2cc(C(C)C)c3c(Cl)nc(N)nc32)c1C.COc1c(C)cnc(Cn2ccc3c(Br)nc(N)nc32)c1C.COc1c(C)cnc(Cn2ccc3c(Cl)nc(N)nc32)c1C.Cc1c[n+]([O-])c(Cn2ccc3c(Cl)nc(N)nc32)c(C)c1Br.Cc1c[n+]([O-])c(Cn2ccc3c(Cl)nc(N)nc32)c(C)c1Cl. The van der Waals surface area contributed by atoms with Crippen LogP contribution in [0.4, 0.5) is 29.7 Å². The molecule has 0 bridgehead atoms. The highest BCUT2D eigenvalue weighted by Gasteiger charge is 2.24. The summed E-state index contributed by atoms with van der Waals surface area (Å²) >= 11 is 37.7. The summed E-state index contributed by atoms with van der Waals surface area (Å²) in [6.07, 6.45) is 18.0. The second kappa shape index (κ2) is 34.7. The quantitative estimate of drug-likeness (QED) is 0.0383. The van der Waals surface area contributed by atoms with Gasteiger partial charge in [-0.3, -0.25) is 15.0 Å². The molecule has 15 rings (SSSR count). The van der Waals surface area contributed by atoms with Crippen LogP contribution in [0.5, 0.6) is 17.2 Å². The fourth-order valence-electron chi connectivity index (χ4n) is 13.1. The largest absolute Gasteiger partial charge is 0.618 e. The first-order chi connectivity index (χ1) is 53.6. The molecule has 30 nitrogen and oxygen atoms in total. The standard InChI is InChI=1S/C18H22ClN5O.C15H16BrN5O.C15H16ClN5O.C14H13BrClN5O.C14H13Cl2N5O/c1-9(2)12-7-24(17-14(12)16(19)22-18(20)23-17)8-13-11(4)15(25-5)10(3)6-21-13;2*1-8-6-18-11(9(2)12(8)22-3)7-21-5-4-10-13(16)19-15(17)20-14(10)21;2*1-7-5-21(22)10(8(2)11(7)15)6-20-4-3-9-12(16)18-14(17)19-13(9)20/h6-7,9H,8H2,1-5H3,(H2,20,22,23);2*4-6H,7H2,1-3H3,(H2,17,19,20);2*3-5H,6H2,1-2H3,(H2,17,18,19). The highest BCUT2D eigenvalue weighted by molar-refractivity contribution is 9.10. The van der Waals surface area contributed by atoms with Crippen molar-refractivity contribution in [1.29, 1.82) is 0 Å². The van der Waals surface area contributed by atoms with Crippen LogP contribution in [-0.4, -0.2) is 109 Å². The molecule has 0 aliphatic heterocycles. The lowest BCUT2D eigenvalue weighted by Gasteiger charge is -2.13. The van der Waals surface area contributed by atoms with Gasteiger partial charge in [0.2, 0.25) is 41.1 Å². The molecule has 0 amide bonds. The van der Waals surface area contributed by atoms with Crippen LogP contribution in [-0.2, 0) is 32.7 Å². The van der Waals surface area contributed by atoms with Gasteiger partial charge in [-0.25, -0.2) is 24.9 Å². The third-order valence-electron chi connectivity index (χ3n) is 18.9. The third-order valence-corrected chi connectivity index (χ3v) is 22.5. The number of fused-ring (bicyclic) bond motifs is 5. The molecule has 113 heavy (non-hydrogen) atoms. The van der Waals surface area contributed by atoms with E-state index in [4.69, 9.17) is 101 Å². The van der Waals surface area contributed by atoms with Gasteiger partial charge >= 0.3 is 0 Å². The molecule has 588 valence electrons. The van der Waals surface area contributed by atoms with E-state index in [1.165, 1.54) is 6.20 Å². The zero-order valence-electron chi connectivity index (χ0n) is 64.2. The van der Waals surface area contributed by atoms with Gasteiger partial charge in [0.05, 0.1) is 90.0 Å². The Balaban J connectivity index is 0.000000140. The van der Waals surface area contributed by atoms with Gasteiger partial charge in [0.1, 0.15) is 83.8 Å². The Morgan fingerprint density at radius 1 is 0.407 bits per heavy atom. The molecule has 10 N–H and O–H groups in total. The summed E-state index contributed by atoms with van der Waals surface area (Å²) in [6.45, 7) is 26.0. The van der Waals surface area contributed by atoms with Crippen LogP contribution < -0.4 is 52.3 Å². The Morgan fingerprint density at radius 3 is 1.12 bits per heavy atom. The second-order valence-corrected chi connectivity index (χ2v) is 30.2. The smallest absolute Gasteiger partial charge is 0.223 e. The number of hydrogen-bond donors (Lipinski definition) is 5. The number of pyridine rings is 5. The normalized spacial score (nSPS) is 11.2. The summed E-state index contributed by atoms with van der Waals surface area (Å²) < 4.78 is 29.3. The van der Waals surface area contributed by atoms with E-state index in [2.05, 4.69) is 117 Å². The highest BCUT2D eigenvalue weighted by Crippen LogP contribution is 2.36. The Bertz CT molecular complexity index is 5880. The number of ether oxygens (including phenoxy) is 3. The van der Waals surface area contributed by atoms with Crippen LogP contribution in [0.15, 0.2) is 95.3 Å². The number of halogens is 7. The van der Waals surface area contributed by atoms with Gasteiger partial charge < -0.3 is 76.1 Å².